The van der Waals surface area contributed by atoms with Crippen molar-refractivity contribution in [2.75, 3.05) is 19.6 Å². The van der Waals surface area contributed by atoms with Crippen LogP contribution in [0.15, 0.2) is 42.5 Å². The Morgan fingerprint density at radius 1 is 1.04 bits per heavy atom. The summed E-state index contributed by atoms with van der Waals surface area (Å²) in [7, 11) is 0. The second-order valence-electron chi connectivity index (χ2n) is 8.00. The molecule has 1 aliphatic rings. The van der Waals surface area contributed by atoms with Gasteiger partial charge in [-0.1, -0.05) is 47.0 Å². The van der Waals surface area contributed by atoms with Gasteiger partial charge in [0.15, 0.2) is 0 Å². The topological polar surface area (TPSA) is 49.4 Å². The summed E-state index contributed by atoms with van der Waals surface area (Å²) in [6.07, 6.45) is 2.53. The van der Waals surface area contributed by atoms with E-state index in [0.717, 1.165) is 42.5 Å². The molecule has 3 rings (SSSR count). The Bertz CT molecular complexity index is 839. The number of aryl methyl sites for hydroxylation is 3. The molecule has 1 heterocycles. The second kappa shape index (κ2) is 9.05. The van der Waals surface area contributed by atoms with Crippen molar-refractivity contribution in [2.45, 2.75) is 40.0 Å². The van der Waals surface area contributed by atoms with E-state index in [0.29, 0.717) is 13.1 Å². The minimum atomic E-state index is -0.124. The number of amides is 2. The van der Waals surface area contributed by atoms with Crippen molar-refractivity contribution in [2.24, 2.45) is 5.92 Å². The van der Waals surface area contributed by atoms with Gasteiger partial charge >= 0.3 is 0 Å². The summed E-state index contributed by atoms with van der Waals surface area (Å²) in [5, 5.41) is 3.06. The predicted molar refractivity (Wildman–Crippen MR) is 112 cm³/mol. The van der Waals surface area contributed by atoms with E-state index in [4.69, 9.17) is 0 Å². The first-order valence-electron chi connectivity index (χ1n) is 10.1. The van der Waals surface area contributed by atoms with Gasteiger partial charge in [0, 0.05) is 25.2 Å². The molecular formula is C24H30N2O2. The number of likely N-dealkylation sites (tertiary alicyclic amines) is 1. The lowest BCUT2D eigenvalue weighted by Crippen LogP contribution is -2.45. The van der Waals surface area contributed by atoms with Crippen molar-refractivity contribution in [3.8, 4) is 0 Å². The number of benzene rings is 2. The van der Waals surface area contributed by atoms with Crippen molar-refractivity contribution in [1.29, 1.82) is 0 Å². The molecule has 0 aliphatic carbocycles. The van der Waals surface area contributed by atoms with E-state index in [-0.39, 0.29) is 17.7 Å². The first kappa shape index (κ1) is 20.1. The highest BCUT2D eigenvalue weighted by atomic mass is 16.2. The van der Waals surface area contributed by atoms with E-state index in [1.54, 1.807) is 0 Å². The highest BCUT2D eigenvalue weighted by Gasteiger charge is 2.28. The molecule has 0 bridgehead atoms. The lowest BCUT2D eigenvalue weighted by atomic mass is 9.96. The van der Waals surface area contributed by atoms with Gasteiger partial charge in [-0.3, -0.25) is 9.59 Å². The lowest BCUT2D eigenvalue weighted by Gasteiger charge is -2.32. The zero-order valence-corrected chi connectivity index (χ0v) is 17.1. The van der Waals surface area contributed by atoms with Crippen LogP contribution in [-0.4, -0.2) is 36.3 Å². The molecule has 0 aromatic heterocycles. The summed E-state index contributed by atoms with van der Waals surface area (Å²) in [4.78, 5) is 27.4. The molecule has 0 saturated carbocycles. The molecule has 1 aliphatic heterocycles. The number of carbonyl (C=O) groups is 2. The third-order valence-electron chi connectivity index (χ3n) is 5.34. The molecular weight excluding hydrogens is 348 g/mol. The maximum Gasteiger partial charge on any atom is 0.253 e. The monoisotopic (exact) mass is 378 g/mol. The Balaban J connectivity index is 1.55. The first-order chi connectivity index (χ1) is 13.4. The lowest BCUT2D eigenvalue weighted by molar-refractivity contribution is -0.126. The van der Waals surface area contributed by atoms with Crippen LogP contribution in [0.1, 0.15) is 45.5 Å². The maximum atomic E-state index is 12.9. The van der Waals surface area contributed by atoms with Gasteiger partial charge in [0.2, 0.25) is 5.91 Å². The SMILES string of the molecule is Cc1cccc(CCNC(=O)C2CCCN(C(=O)c3cc(C)cc(C)c3)C2)c1. The van der Waals surface area contributed by atoms with Crippen LogP contribution in [0.4, 0.5) is 0 Å². The Kier molecular flexibility index (Phi) is 6.50. The summed E-state index contributed by atoms with van der Waals surface area (Å²) in [6.45, 7) is 7.94. The van der Waals surface area contributed by atoms with E-state index in [9.17, 15) is 9.59 Å². The van der Waals surface area contributed by atoms with E-state index >= 15 is 0 Å². The Morgan fingerprint density at radius 2 is 1.79 bits per heavy atom. The molecule has 0 radical (unpaired) electrons. The molecule has 4 nitrogen and oxygen atoms in total. The zero-order chi connectivity index (χ0) is 20.1. The molecule has 4 heteroatoms. The average molecular weight is 379 g/mol. The third-order valence-corrected chi connectivity index (χ3v) is 5.34. The van der Waals surface area contributed by atoms with E-state index in [2.05, 4.69) is 36.5 Å². The molecule has 1 unspecified atom stereocenters. The molecule has 0 spiro atoms. The van der Waals surface area contributed by atoms with Crippen molar-refractivity contribution >= 4 is 11.8 Å². The highest BCUT2D eigenvalue weighted by molar-refractivity contribution is 5.95. The number of nitrogens with zero attached hydrogens (tertiary/aromatic N) is 1. The third kappa shape index (κ3) is 5.22. The van der Waals surface area contributed by atoms with Crippen LogP contribution in [0.3, 0.4) is 0 Å². The molecule has 2 aromatic rings. The normalized spacial score (nSPS) is 16.7. The molecule has 2 aromatic carbocycles. The number of piperidine rings is 1. The predicted octanol–water partition coefficient (Wildman–Crippen LogP) is 3.82. The molecule has 2 amide bonds. The van der Waals surface area contributed by atoms with Crippen LogP contribution in [0.2, 0.25) is 0 Å². The van der Waals surface area contributed by atoms with Gasteiger partial charge in [-0.2, -0.15) is 0 Å². The average Bonchev–Trinajstić information content (AvgIpc) is 2.67. The fourth-order valence-electron chi connectivity index (χ4n) is 4.00. The van der Waals surface area contributed by atoms with Gasteiger partial charge in [-0.25, -0.2) is 0 Å². The van der Waals surface area contributed by atoms with E-state index < -0.39 is 0 Å². The molecule has 1 fully saturated rings. The molecule has 1 N–H and O–H groups in total. The van der Waals surface area contributed by atoms with Crippen molar-refractivity contribution in [3.63, 3.8) is 0 Å². The highest BCUT2D eigenvalue weighted by Crippen LogP contribution is 2.20. The van der Waals surface area contributed by atoms with Crippen molar-refractivity contribution in [3.05, 3.63) is 70.3 Å². The Morgan fingerprint density at radius 3 is 2.50 bits per heavy atom. The van der Waals surface area contributed by atoms with Gasteiger partial charge in [0.05, 0.1) is 5.92 Å². The summed E-state index contributed by atoms with van der Waals surface area (Å²) in [5.74, 6) is -0.0317. The summed E-state index contributed by atoms with van der Waals surface area (Å²) in [5.41, 5.74) is 5.36. The number of rotatable bonds is 5. The van der Waals surface area contributed by atoms with E-state index in [1.807, 2.05) is 36.9 Å². The zero-order valence-electron chi connectivity index (χ0n) is 17.1. The smallest absolute Gasteiger partial charge is 0.253 e. The summed E-state index contributed by atoms with van der Waals surface area (Å²) >= 11 is 0. The standard InChI is InChI=1S/C24H30N2O2/c1-17-6-4-7-20(13-17)9-10-25-23(27)21-8-5-11-26(16-21)24(28)22-14-18(2)12-19(3)15-22/h4,6-7,12-15,21H,5,8-11,16H2,1-3H3,(H,25,27). The van der Waals surface area contributed by atoms with Crippen LogP contribution < -0.4 is 5.32 Å². The summed E-state index contributed by atoms with van der Waals surface area (Å²) in [6, 6.07) is 14.3. The summed E-state index contributed by atoms with van der Waals surface area (Å²) < 4.78 is 0. The number of hydrogen-bond donors (Lipinski definition) is 1. The molecule has 1 saturated heterocycles. The van der Waals surface area contributed by atoms with Crippen LogP contribution in [0.25, 0.3) is 0 Å². The first-order valence-corrected chi connectivity index (χ1v) is 10.1. The fraction of sp³-hybridized carbons (Fsp3) is 0.417. The molecule has 1 atom stereocenters. The quantitative estimate of drug-likeness (QED) is 0.860. The van der Waals surface area contributed by atoms with Crippen LogP contribution in [-0.2, 0) is 11.2 Å². The largest absolute Gasteiger partial charge is 0.355 e. The van der Waals surface area contributed by atoms with Gasteiger partial charge in [0.1, 0.15) is 0 Å². The molecule has 148 valence electrons. The molecule has 28 heavy (non-hydrogen) atoms. The van der Waals surface area contributed by atoms with Crippen LogP contribution in [0, 0.1) is 26.7 Å². The van der Waals surface area contributed by atoms with E-state index in [1.165, 1.54) is 11.1 Å². The van der Waals surface area contributed by atoms with Gasteiger partial charge < -0.3 is 10.2 Å². The maximum absolute atomic E-state index is 12.9. The van der Waals surface area contributed by atoms with Crippen molar-refractivity contribution in [1.82, 2.24) is 10.2 Å². The number of nitrogens with one attached hydrogen (secondary N) is 1. The second-order valence-corrected chi connectivity index (χ2v) is 8.00. The van der Waals surface area contributed by atoms with Crippen LogP contribution >= 0.6 is 0 Å². The number of carbonyl (C=O) groups excluding carboxylic acids is 2. The minimum Gasteiger partial charge on any atom is -0.355 e. The fourth-order valence-corrected chi connectivity index (χ4v) is 4.00. The van der Waals surface area contributed by atoms with Crippen LogP contribution in [0.5, 0.6) is 0 Å². The Hall–Kier alpha value is -2.62. The Labute approximate surface area is 167 Å². The number of hydrogen-bond acceptors (Lipinski definition) is 2. The van der Waals surface area contributed by atoms with Gasteiger partial charge in [0.25, 0.3) is 5.91 Å². The van der Waals surface area contributed by atoms with Crippen molar-refractivity contribution < 1.29 is 9.59 Å². The van der Waals surface area contributed by atoms with Gasteiger partial charge in [-0.15, -0.1) is 0 Å². The van der Waals surface area contributed by atoms with Gasteiger partial charge in [-0.05, 0) is 57.7 Å². The minimum absolute atomic E-state index is 0.0315.